The van der Waals surface area contributed by atoms with Crippen LogP contribution in [0.25, 0.3) is 0 Å². The summed E-state index contributed by atoms with van der Waals surface area (Å²) in [5.74, 6) is 0.132. The molecular formula is C36H47N5O9. The van der Waals surface area contributed by atoms with Gasteiger partial charge in [-0.1, -0.05) is 81.2 Å². The summed E-state index contributed by atoms with van der Waals surface area (Å²) in [7, 11) is 0. The Hall–Kier alpha value is -4.93. The lowest BCUT2D eigenvalue weighted by molar-refractivity contribution is -0.142. The summed E-state index contributed by atoms with van der Waals surface area (Å²) in [6.07, 6.45) is 7.47. The van der Waals surface area contributed by atoms with Crippen molar-refractivity contribution in [2.45, 2.75) is 102 Å². The number of aliphatic carboxylic acids is 1. The van der Waals surface area contributed by atoms with E-state index in [0.717, 1.165) is 57.8 Å². The van der Waals surface area contributed by atoms with Crippen LogP contribution in [0.4, 0.5) is 4.79 Å². The number of benzene rings is 1. The molecule has 4 rings (SSSR count). The summed E-state index contributed by atoms with van der Waals surface area (Å²) in [5.41, 5.74) is 0.332. The number of alkyl carbamates (subject to hydrolysis) is 1. The molecule has 14 heteroatoms. The Bertz CT molecular complexity index is 1460. The molecule has 14 nitrogen and oxygen atoms in total. The Labute approximate surface area is 291 Å². The molecule has 5 amide bonds. The monoisotopic (exact) mass is 693 g/mol. The minimum Gasteiger partial charge on any atom is -0.479 e. The highest BCUT2D eigenvalue weighted by Gasteiger charge is 2.39. The van der Waals surface area contributed by atoms with E-state index in [1.807, 2.05) is 0 Å². The summed E-state index contributed by atoms with van der Waals surface area (Å²) in [5, 5.41) is 22.3. The van der Waals surface area contributed by atoms with Gasteiger partial charge in [-0.15, -0.1) is 5.92 Å². The van der Waals surface area contributed by atoms with E-state index < -0.39 is 72.2 Å². The van der Waals surface area contributed by atoms with Gasteiger partial charge in [-0.3, -0.25) is 24.0 Å². The lowest BCUT2D eigenvalue weighted by Crippen LogP contribution is -2.58. The molecular weight excluding hydrogens is 646 g/mol. The zero-order valence-electron chi connectivity index (χ0n) is 28.3. The summed E-state index contributed by atoms with van der Waals surface area (Å²) in [4.78, 5) is 90.5. The second kappa shape index (κ2) is 18.7. The highest BCUT2D eigenvalue weighted by molar-refractivity contribution is 6.38. The molecule has 3 fully saturated rings. The second-order valence-electron chi connectivity index (χ2n) is 13.3. The van der Waals surface area contributed by atoms with E-state index in [-0.39, 0.29) is 30.8 Å². The average Bonchev–Trinajstić information content (AvgIpc) is 4.06. The van der Waals surface area contributed by atoms with Crippen LogP contribution in [0.2, 0.25) is 0 Å². The molecule has 0 radical (unpaired) electrons. The summed E-state index contributed by atoms with van der Waals surface area (Å²) >= 11 is 0. The van der Waals surface area contributed by atoms with Gasteiger partial charge in [-0.2, -0.15) is 0 Å². The number of ether oxygens (including phenoxy) is 1. The molecule has 6 N–H and O–H groups in total. The number of ketones is 1. The highest BCUT2D eigenvalue weighted by Crippen LogP contribution is 2.35. The van der Waals surface area contributed by atoms with Gasteiger partial charge in [-0.25, -0.2) is 9.59 Å². The number of carbonyl (C=O) groups excluding carboxylic acids is 6. The standard InChI is InChI=1S/C36H47N5O9/c1-2-3-18-50-36(49)41-29(24-10-6-4-7-11-24)33(45)39-27(20-23-16-17-23)32(44)38-26(19-22-14-15-22)31(43)34(46)37-21-28(42)40-30(35(47)48)25-12-8-5-9-13-25/h5,8-9,12-13,22-24,26-27,29-30H,4,6-7,10-11,14-21H2,1H3,(H,37,46)(H,38,44)(H,39,45)(H,40,42)(H,41,49)(H,47,48). The van der Waals surface area contributed by atoms with Crippen LogP contribution in [0.1, 0.15) is 89.2 Å². The third-order valence-electron chi connectivity index (χ3n) is 9.25. The van der Waals surface area contributed by atoms with Gasteiger partial charge in [0.05, 0.1) is 12.6 Å². The predicted octanol–water partition coefficient (Wildman–Crippen LogP) is 1.88. The molecule has 4 atom stereocenters. The number of carbonyl (C=O) groups is 7. The largest absolute Gasteiger partial charge is 0.479 e. The molecule has 0 saturated heterocycles. The van der Waals surface area contributed by atoms with Crippen molar-refractivity contribution >= 4 is 41.5 Å². The Morgan fingerprint density at radius 1 is 0.800 bits per heavy atom. The lowest BCUT2D eigenvalue weighted by Gasteiger charge is -2.31. The van der Waals surface area contributed by atoms with Crippen molar-refractivity contribution in [3.8, 4) is 11.8 Å². The number of amides is 5. The van der Waals surface area contributed by atoms with E-state index >= 15 is 0 Å². The molecule has 0 heterocycles. The first-order chi connectivity index (χ1) is 24.0. The van der Waals surface area contributed by atoms with Gasteiger partial charge in [0.2, 0.25) is 23.5 Å². The molecule has 3 saturated carbocycles. The van der Waals surface area contributed by atoms with E-state index in [9.17, 15) is 38.7 Å². The number of Topliss-reactive ketones (excluding diaryl/α,β-unsaturated/α-hetero) is 1. The van der Waals surface area contributed by atoms with Crippen molar-refractivity contribution in [3.63, 3.8) is 0 Å². The third-order valence-corrected chi connectivity index (χ3v) is 9.25. The zero-order chi connectivity index (χ0) is 36.0. The van der Waals surface area contributed by atoms with Crippen molar-refractivity contribution in [1.29, 1.82) is 0 Å². The second-order valence-corrected chi connectivity index (χ2v) is 13.3. The normalized spacial score (nSPS) is 18.0. The average molecular weight is 694 g/mol. The van der Waals surface area contributed by atoms with Gasteiger partial charge in [0.25, 0.3) is 5.91 Å². The van der Waals surface area contributed by atoms with E-state index in [2.05, 4.69) is 38.4 Å². The first-order valence-corrected chi connectivity index (χ1v) is 17.4. The van der Waals surface area contributed by atoms with Crippen LogP contribution in [0.3, 0.4) is 0 Å². The molecule has 3 aliphatic carbocycles. The van der Waals surface area contributed by atoms with Crippen molar-refractivity contribution in [1.82, 2.24) is 26.6 Å². The SMILES string of the molecule is CC#CCOC(=O)NC(C(=O)NC(CC1CC1)C(=O)NC(CC1CC1)C(=O)C(=O)NCC(=O)NC(C(=O)O)c1ccccc1)C1CCCCC1. The number of nitrogens with one attached hydrogen (secondary N) is 5. The van der Waals surface area contributed by atoms with Crippen LogP contribution in [0, 0.1) is 29.6 Å². The third kappa shape index (κ3) is 12.2. The van der Waals surface area contributed by atoms with Gasteiger partial charge < -0.3 is 36.4 Å². The number of rotatable bonds is 18. The fraction of sp³-hybridized carbons (Fsp3) is 0.583. The summed E-state index contributed by atoms with van der Waals surface area (Å²) < 4.78 is 5.10. The van der Waals surface area contributed by atoms with Crippen LogP contribution in [-0.2, 0) is 33.5 Å². The summed E-state index contributed by atoms with van der Waals surface area (Å²) in [6, 6.07) is 3.52. The minimum atomic E-state index is -1.36. The fourth-order valence-electron chi connectivity index (χ4n) is 6.13. The highest BCUT2D eigenvalue weighted by atomic mass is 16.5. The maximum atomic E-state index is 13.7. The first kappa shape index (κ1) is 37.9. The van der Waals surface area contributed by atoms with E-state index in [1.165, 1.54) is 12.1 Å². The summed E-state index contributed by atoms with van der Waals surface area (Å²) in [6.45, 7) is 0.832. The molecule has 270 valence electrons. The van der Waals surface area contributed by atoms with E-state index in [4.69, 9.17) is 4.74 Å². The van der Waals surface area contributed by atoms with Crippen LogP contribution in [0.15, 0.2) is 30.3 Å². The quantitative estimate of drug-likeness (QED) is 0.0978. The topological polar surface area (TPSA) is 209 Å². The molecule has 0 aromatic heterocycles. The lowest BCUT2D eigenvalue weighted by atomic mass is 9.83. The molecule has 1 aromatic carbocycles. The Morgan fingerprint density at radius 2 is 1.42 bits per heavy atom. The van der Waals surface area contributed by atoms with Crippen LogP contribution < -0.4 is 26.6 Å². The molecule has 50 heavy (non-hydrogen) atoms. The Morgan fingerprint density at radius 3 is 2.02 bits per heavy atom. The fourth-order valence-corrected chi connectivity index (χ4v) is 6.13. The van der Waals surface area contributed by atoms with E-state index in [1.54, 1.807) is 25.1 Å². The predicted molar refractivity (Wildman–Crippen MR) is 180 cm³/mol. The van der Waals surface area contributed by atoms with Crippen molar-refractivity contribution < 1.29 is 43.4 Å². The van der Waals surface area contributed by atoms with Gasteiger partial charge in [-0.05, 0) is 55.9 Å². The van der Waals surface area contributed by atoms with Crippen molar-refractivity contribution in [2.75, 3.05) is 13.2 Å². The molecule has 1 aromatic rings. The van der Waals surface area contributed by atoms with Gasteiger partial charge in [0, 0.05) is 0 Å². The minimum absolute atomic E-state index is 0.126. The zero-order valence-corrected chi connectivity index (χ0v) is 28.3. The Kier molecular flexibility index (Phi) is 14.2. The van der Waals surface area contributed by atoms with Gasteiger partial charge in [0.15, 0.2) is 12.6 Å². The molecule has 0 spiro atoms. The number of carboxylic acid groups (broad SMARTS) is 1. The molecule has 3 aliphatic rings. The maximum absolute atomic E-state index is 13.7. The van der Waals surface area contributed by atoms with Gasteiger partial charge >= 0.3 is 12.1 Å². The molecule has 0 aliphatic heterocycles. The van der Waals surface area contributed by atoms with Crippen molar-refractivity contribution in [2.24, 2.45) is 17.8 Å². The molecule has 4 unspecified atom stereocenters. The number of hydrogen-bond donors (Lipinski definition) is 6. The van der Waals surface area contributed by atoms with Crippen LogP contribution >= 0.6 is 0 Å². The number of hydrogen-bond acceptors (Lipinski definition) is 8. The van der Waals surface area contributed by atoms with E-state index in [0.29, 0.717) is 12.0 Å². The smallest absolute Gasteiger partial charge is 0.408 e. The maximum Gasteiger partial charge on any atom is 0.408 e. The first-order valence-electron chi connectivity index (χ1n) is 17.4. The van der Waals surface area contributed by atoms with Crippen LogP contribution in [-0.4, -0.2) is 77.9 Å². The van der Waals surface area contributed by atoms with Gasteiger partial charge in [0.1, 0.15) is 12.1 Å². The Balaban J connectivity index is 1.39. The van der Waals surface area contributed by atoms with Crippen LogP contribution in [0.5, 0.6) is 0 Å². The number of carboxylic acids is 1. The molecule has 0 bridgehead atoms. The van der Waals surface area contributed by atoms with Crippen molar-refractivity contribution in [3.05, 3.63) is 35.9 Å².